The van der Waals surface area contributed by atoms with E-state index in [1.54, 1.807) is 0 Å². The van der Waals surface area contributed by atoms with E-state index in [0.717, 1.165) is 12.5 Å². The lowest BCUT2D eigenvalue weighted by atomic mass is 9.87. The van der Waals surface area contributed by atoms with Gasteiger partial charge in [0.1, 0.15) is 5.82 Å². The number of ketones is 1. The molecule has 0 fully saturated rings. The molecule has 0 aromatic heterocycles. The Kier molecular flexibility index (Phi) is 2.05. The Balaban J connectivity index is 2.69. The molecular weight excluding hydrogens is 181 g/mol. The summed E-state index contributed by atoms with van der Waals surface area (Å²) in [6.45, 7) is 0. The Labute approximate surface area is 81.0 Å². The number of halogens is 1. The molecule has 3 heteroatoms. The number of carbonyl (C=O) groups excluding carboxylic acids is 1. The fraction of sp³-hybridized carbons (Fsp3) is 0.273. The van der Waals surface area contributed by atoms with Crippen molar-refractivity contribution in [1.29, 1.82) is 5.26 Å². The molecule has 0 saturated heterocycles. The summed E-state index contributed by atoms with van der Waals surface area (Å²) in [4.78, 5) is 11.5. The van der Waals surface area contributed by atoms with Gasteiger partial charge in [0.05, 0.1) is 11.6 Å². The average Bonchev–Trinajstić information content (AvgIpc) is 2.16. The number of hydrogen-bond donors (Lipinski definition) is 0. The van der Waals surface area contributed by atoms with Crippen LogP contribution in [0.4, 0.5) is 4.39 Å². The zero-order chi connectivity index (χ0) is 10.1. The van der Waals surface area contributed by atoms with Gasteiger partial charge in [-0.15, -0.1) is 0 Å². The highest BCUT2D eigenvalue weighted by Gasteiger charge is 2.21. The van der Waals surface area contributed by atoms with E-state index in [1.165, 1.54) is 6.07 Å². The van der Waals surface area contributed by atoms with Gasteiger partial charge in [-0.2, -0.15) is 5.26 Å². The smallest absolute Gasteiger partial charge is 0.164 e. The minimum Gasteiger partial charge on any atom is -0.294 e. The summed E-state index contributed by atoms with van der Waals surface area (Å²) in [6, 6.07) is 4.35. The molecule has 1 aromatic carbocycles. The number of nitrogens with zero attached hydrogens (tertiary/aromatic N) is 1. The molecule has 1 aromatic rings. The zero-order valence-electron chi connectivity index (χ0n) is 7.51. The lowest BCUT2D eigenvalue weighted by Crippen LogP contribution is -2.13. The second kappa shape index (κ2) is 3.22. The maximum absolute atomic E-state index is 13.0. The lowest BCUT2D eigenvalue weighted by molar-refractivity contribution is 0.0972. The predicted octanol–water partition coefficient (Wildman–Crippen LogP) is 2.22. The minimum absolute atomic E-state index is 0.0391. The van der Waals surface area contributed by atoms with Gasteiger partial charge in [0.25, 0.3) is 0 Å². The summed E-state index contributed by atoms with van der Waals surface area (Å²) >= 11 is 0. The van der Waals surface area contributed by atoms with Crippen molar-refractivity contribution in [2.45, 2.75) is 19.3 Å². The van der Waals surface area contributed by atoms with Crippen molar-refractivity contribution in [3.8, 4) is 6.07 Å². The Morgan fingerprint density at radius 2 is 2.14 bits per heavy atom. The number of rotatable bonds is 0. The predicted molar refractivity (Wildman–Crippen MR) is 48.4 cm³/mol. The second-order valence-corrected chi connectivity index (χ2v) is 3.38. The first kappa shape index (κ1) is 8.89. The molecular formula is C11H8FNO. The topological polar surface area (TPSA) is 40.9 Å². The Morgan fingerprint density at radius 3 is 2.86 bits per heavy atom. The molecule has 0 spiro atoms. The van der Waals surface area contributed by atoms with Crippen LogP contribution >= 0.6 is 0 Å². The Hall–Kier alpha value is -1.69. The standard InChI is InChI=1S/C11H8FNO/c12-9-4-7-2-1-3-10(14)11(7)8(5-9)6-13/h4-5H,1-3H2. The summed E-state index contributed by atoms with van der Waals surface area (Å²) in [7, 11) is 0. The van der Waals surface area contributed by atoms with Gasteiger partial charge in [-0.3, -0.25) is 4.79 Å². The first-order valence-corrected chi connectivity index (χ1v) is 4.48. The Morgan fingerprint density at radius 1 is 1.36 bits per heavy atom. The van der Waals surface area contributed by atoms with Gasteiger partial charge in [0.2, 0.25) is 0 Å². The molecule has 2 rings (SSSR count). The van der Waals surface area contributed by atoms with E-state index in [4.69, 9.17) is 5.26 Å². The van der Waals surface area contributed by atoms with Crippen LogP contribution in [0.2, 0.25) is 0 Å². The summed E-state index contributed by atoms with van der Waals surface area (Å²) < 4.78 is 13.0. The molecule has 0 atom stereocenters. The van der Waals surface area contributed by atoms with Crippen molar-refractivity contribution < 1.29 is 9.18 Å². The molecule has 0 aliphatic heterocycles. The van der Waals surface area contributed by atoms with Crippen molar-refractivity contribution in [1.82, 2.24) is 0 Å². The van der Waals surface area contributed by atoms with Gasteiger partial charge < -0.3 is 0 Å². The molecule has 0 bridgehead atoms. The Bertz CT molecular complexity index is 445. The molecule has 0 N–H and O–H groups in total. The van der Waals surface area contributed by atoms with Crippen molar-refractivity contribution in [3.05, 3.63) is 34.6 Å². The third-order valence-corrected chi connectivity index (χ3v) is 2.43. The minimum atomic E-state index is -0.435. The van der Waals surface area contributed by atoms with Crippen molar-refractivity contribution in [2.75, 3.05) is 0 Å². The third kappa shape index (κ3) is 1.29. The summed E-state index contributed by atoms with van der Waals surface area (Å²) in [6.07, 6.45) is 1.90. The molecule has 2 nitrogen and oxygen atoms in total. The molecule has 0 unspecified atom stereocenters. The summed E-state index contributed by atoms with van der Waals surface area (Å²) in [5.74, 6) is -0.474. The van der Waals surface area contributed by atoms with Crippen molar-refractivity contribution in [2.24, 2.45) is 0 Å². The highest BCUT2D eigenvalue weighted by atomic mass is 19.1. The van der Waals surface area contributed by atoms with E-state index in [1.807, 2.05) is 6.07 Å². The van der Waals surface area contributed by atoms with Gasteiger partial charge in [-0.05, 0) is 30.5 Å². The fourth-order valence-electron chi connectivity index (χ4n) is 1.84. The quantitative estimate of drug-likeness (QED) is 0.627. The number of Topliss-reactive ketones (excluding diaryl/α,β-unsaturated/α-hetero) is 1. The van der Waals surface area contributed by atoms with Crippen LogP contribution in [0.3, 0.4) is 0 Å². The molecule has 0 heterocycles. The van der Waals surface area contributed by atoms with E-state index < -0.39 is 5.82 Å². The van der Waals surface area contributed by atoms with E-state index in [2.05, 4.69) is 0 Å². The van der Waals surface area contributed by atoms with Crippen LogP contribution in [0.15, 0.2) is 12.1 Å². The van der Waals surface area contributed by atoms with Gasteiger partial charge >= 0.3 is 0 Å². The highest BCUT2D eigenvalue weighted by Crippen LogP contribution is 2.25. The average molecular weight is 189 g/mol. The van der Waals surface area contributed by atoms with E-state index >= 15 is 0 Å². The first-order chi connectivity index (χ1) is 6.72. The molecule has 14 heavy (non-hydrogen) atoms. The number of fused-ring (bicyclic) bond motifs is 1. The molecule has 0 radical (unpaired) electrons. The van der Waals surface area contributed by atoms with Gasteiger partial charge in [0.15, 0.2) is 5.78 Å². The van der Waals surface area contributed by atoms with Crippen LogP contribution in [0.25, 0.3) is 0 Å². The molecule has 0 amide bonds. The van der Waals surface area contributed by atoms with Crippen LogP contribution in [0.5, 0.6) is 0 Å². The molecule has 1 aliphatic carbocycles. The van der Waals surface area contributed by atoms with Gasteiger partial charge in [-0.1, -0.05) is 0 Å². The van der Waals surface area contributed by atoms with Crippen LogP contribution in [-0.2, 0) is 6.42 Å². The number of hydrogen-bond acceptors (Lipinski definition) is 2. The van der Waals surface area contributed by atoms with Crippen LogP contribution < -0.4 is 0 Å². The van der Waals surface area contributed by atoms with E-state index in [0.29, 0.717) is 24.0 Å². The van der Waals surface area contributed by atoms with Crippen molar-refractivity contribution >= 4 is 5.78 Å². The summed E-state index contributed by atoms with van der Waals surface area (Å²) in [5.41, 5.74) is 1.28. The van der Waals surface area contributed by atoms with E-state index in [-0.39, 0.29) is 11.3 Å². The first-order valence-electron chi connectivity index (χ1n) is 4.48. The molecule has 1 aliphatic rings. The van der Waals surface area contributed by atoms with Crippen LogP contribution in [-0.4, -0.2) is 5.78 Å². The van der Waals surface area contributed by atoms with Crippen LogP contribution in [0.1, 0.15) is 34.3 Å². The number of nitriles is 1. The fourth-order valence-corrected chi connectivity index (χ4v) is 1.84. The number of aryl methyl sites for hydroxylation is 1. The van der Waals surface area contributed by atoms with Gasteiger partial charge in [0, 0.05) is 12.0 Å². The second-order valence-electron chi connectivity index (χ2n) is 3.38. The summed E-state index contributed by atoms with van der Waals surface area (Å²) in [5, 5.41) is 8.77. The lowest BCUT2D eigenvalue weighted by Gasteiger charge is -2.15. The molecule has 70 valence electrons. The highest BCUT2D eigenvalue weighted by molar-refractivity contribution is 6.00. The van der Waals surface area contributed by atoms with E-state index in [9.17, 15) is 9.18 Å². The van der Waals surface area contributed by atoms with Gasteiger partial charge in [-0.25, -0.2) is 4.39 Å². The van der Waals surface area contributed by atoms with Crippen LogP contribution in [0, 0.1) is 17.1 Å². The molecule has 0 saturated carbocycles. The maximum Gasteiger partial charge on any atom is 0.164 e. The van der Waals surface area contributed by atoms with Crippen molar-refractivity contribution in [3.63, 3.8) is 0 Å². The zero-order valence-corrected chi connectivity index (χ0v) is 7.51. The third-order valence-electron chi connectivity index (χ3n) is 2.43. The largest absolute Gasteiger partial charge is 0.294 e. The number of benzene rings is 1. The number of carbonyl (C=O) groups is 1. The maximum atomic E-state index is 13.0. The monoisotopic (exact) mass is 189 g/mol. The SMILES string of the molecule is N#Cc1cc(F)cc2c1C(=O)CCC2. The normalized spacial score (nSPS) is 14.7.